The lowest BCUT2D eigenvalue weighted by Gasteiger charge is -2.37. The van der Waals surface area contributed by atoms with E-state index in [1.54, 1.807) is 7.11 Å². The molecule has 0 unspecified atom stereocenters. The van der Waals surface area contributed by atoms with Crippen LogP contribution in [-0.4, -0.2) is 33.4 Å². The van der Waals surface area contributed by atoms with Gasteiger partial charge in [-0.2, -0.15) is 0 Å². The van der Waals surface area contributed by atoms with Crippen molar-refractivity contribution in [3.63, 3.8) is 0 Å². The number of ether oxygens (including phenoxy) is 2. The van der Waals surface area contributed by atoms with Crippen molar-refractivity contribution < 1.29 is 9.47 Å². The molecule has 0 atom stereocenters. The largest absolute Gasteiger partial charge is 0.494 e. The van der Waals surface area contributed by atoms with Crippen molar-refractivity contribution in [3.05, 3.63) is 30.3 Å². The molecule has 3 heteroatoms. The Balaban J connectivity index is 1.78. The Bertz CT molecular complexity index is 374. The molecule has 0 radical (unpaired) electrons. The lowest BCUT2D eigenvalue weighted by atomic mass is 9.72. The van der Waals surface area contributed by atoms with E-state index in [1.165, 1.54) is 32.1 Å². The highest BCUT2D eigenvalue weighted by atomic mass is 16.5. The minimum Gasteiger partial charge on any atom is -0.494 e. The first-order valence-electron chi connectivity index (χ1n) is 8.22. The van der Waals surface area contributed by atoms with Crippen LogP contribution >= 0.6 is 0 Å². The average molecular weight is 291 g/mol. The van der Waals surface area contributed by atoms with Crippen LogP contribution < -0.4 is 10.1 Å². The molecular weight excluding hydrogens is 262 g/mol. The van der Waals surface area contributed by atoms with Gasteiger partial charge in [-0.3, -0.25) is 0 Å². The SMILES string of the molecule is COCCNCC1(CCOc2ccccc2)CCCCC1. The fraction of sp³-hybridized carbons (Fsp3) is 0.667. The van der Waals surface area contributed by atoms with Crippen molar-refractivity contribution in [1.29, 1.82) is 0 Å². The van der Waals surface area contributed by atoms with Crippen LogP contribution in [0.15, 0.2) is 30.3 Å². The summed E-state index contributed by atoms with van der Waals surface area (Å²) in [5.74, 6) is 0.982. The highest BCUT2D eigenvalue weighted by molar-refractivity contribution is 5.20. The van der Waals surface area contributed by atoms with E-state index in [4.69, 9.17) is 9.47 Å². The maximum absolute atomic E-state index is 5.91. The lowest BCUT2D eigenvalue weighted by molar-refractivity contribution is 0.127. The molecule has 0 amide bonds. The van der Waals surface area contributed by atoms with Crippen molar-refractivity contribution in [2.75, 3.05) is 33.4 Å². The van der Waals surface area contributed by atoms with Crippen LogP contribution in [0.5, 0.6) is 5.75 Å². The predicted octanol–water partition coefficient (Wildman–Crippen LogP) is 3.64. The van der Waals surface area contributed by atoms with Crippen LogP contribution in [0.25, 0.3) is 0 Å². The Morgan fingerprint density at radius 2 is 1.81 bits per heavy atom. The molecule has 1 aromatic rings. The third kappa shape index (κ3) is 5.68. The molecule has 1 aromatic carbocycles. The summed E-state index contributed by atoms with van der Waals surface area (Å²) in [6.45, 7) is 3.64. The van der Waals surface area contributed by atoms with Crippen molar-refractivity contribution in [2.24, 2.45) is 5.41 Å². The fourth-order valence-corrected chi connectivity index (χ4v) is 3.25. The summed E-state index contributed by atoms with van der Waals surface area (Å²) in [6, 6.07) is 10.1. The van der Waals surface area contributed by atoms with E-state index >= 15 is 0 Å². The number of hydrogen-bond acceptors (Lipinski definition) is 3. The summed E-state index contributed by atoms with van der Waals surface area (Å²) in [7, 11) is 1.76. The maximum Gasteiger partial charge on any atom is 0.119 e. The monoisotopic (exact) mass is 291 g/mol. The molecule has 1 N–H and O–H groups in total. The van der Waals surface area contributed by atoms with Gasteiger partial charge in [0.05, 0.1) is 13.2 Å². The third-order valence-corrected chi connectivity index (χ3v) is 4.54. The highest BCUT2D eigenvalue weighted by Crippen LogP contribution is 2.38. The molecule has 0 aromatic heterocycles. The van der Waals surface area contributed by atoms with E-state index in [1.807, 2.05) is 30.3 Å². The van der Waals surface area contributed by atoms with Gasteiger partial charge in [-0.1, -0.05) is 37.5 Å². The topological polar surface area (TPSA) is 30.5 Å². The van der Waals surface area contributed by atoms with Gasteiger partial charge >= 0.3 is 0 Å². The normalized spacial score (nSPS) is 17.6. The second-order valence-electron chi connectivity index (χ2n) is 6.14. The Kier molecular flexibility index (Phi) is 7.04. The van der Waals surface area contributed by atoms with Crippen LogP contribution in [-0.2, 0) is 4.74 Å². The number of benzene rings is 1. The van der Waals surface area contributed by atoms with Gasteiger partial charge in [-0.05, 0) is 36.8 Å². The summed E-state index contributed by atoms with van der Waals surface area (Å²) >= 11 is 0. The van der Waals surface area contributed by atoms with Crippen molar-refractivity contribution in [2.45, 2.75) is 38.5 Å². The summed E-state index contributed by atoms with van der Waals surface area (Å²) in [5.41, 5.74) is 0.417. The molecule has 0 aliphatic heterocycles. The standard InChI is InChI=1S/C18H29NO2/c1-20-15-13-19-16-18(10-6-3-7-11-18)12-14-21-17-8-4-2-5-9-17/h2,4-5,8-9,19H,3,6-7,10-16H2,1H3. The molecule has 0 heterocycles. The predicted molar refractivity (Wildman–Crippen MR) is 86.8 cm³/mol. The second kappa shape index (κ2) is 9.06. The molecule has 0 saturated heterocycles. The quantitative estimate of drug-likeness (QED) is 0.705. The molecular formula is C18H29NO2. The molecule has 2 rings (SSSR count). The lowest BCUT2D eigenvalue weighted by Crippen LogP contribution is -2.38. The zero-order chi connectivity index (χ0) is 14.8. The Morgan fingerprint density at radius 3 is 2.52 bits per heavy atom. The number of hydrogen-bond donors (Lipinski definition) is 1. The van der Waals surface area contributed by atoms with Crippen LogP contribution in [0.3, 0.4) is 0 Å². The Hall–Kier alpha value is -1.06. The van der Waals surface area contributed by atoms with E-state index in [0.29, 0.717) is 5.41 Å². The van der Waals surface area contributed by atoms with Gasteiger partial charge in [-0.25, -0.2) is 0 Å². The number of rotatable bonds is 9. The van der Waals surface area contributed by atoms with Crippen LogP contribution in [0.1, 0.15) is 38.5 Å². The van der Waals surface area contributed by atoms with Gasteiger partial charge in [-0.15, -0.1) is 0 Å². The van der Waals surface area contributed by atoms with E-state index in [2.05, 4.69) is 5.32 Å². The van der Waals surface area contributed by atoms with Gasteiger partial charge in [0.15, 0.2) is 0 Å². The number of nitrogens with one attached hydrogen (secondary N) is 1. The van der Waals surface area contributed by atoms with E-state index in [-0.39, 0.29) is 0 Å². The van der Waals surface area contributed by atoms with E-state index < -0.39 is 0 Å². The van der Waals surface area contributed by atoms with E-state index in [9.17, 15) is 0 Å². The first-order chi connectivity index (χ1) is 10.3. The second-order valence-corrected chi connectivity index (χ2v) is 6.14. The molecule has 3 nitrogen and oxygen atoms in total. The molecule has 21 heavy (non-hydrogen) atoms. The molecule has 1 fully saturated rings. The van der Waals surface area contributed by atoms with Crippen LogP contribution in [0.2, 0.25) is 0 Å². The summed E-state index contributed by atoms with van der Waals surface area (Å²) in [6.07, 6.45) is 7.89. The smallest absolute Gasteiger partial charge is 0.119 e. The number of methoxy groups -OCH3 is 1. The Labute approximate surface area is 129 Å². The molecule has 1 aliphatic carbocycles. The van der Waals surface area contributed by atoms with Gasteiger partial charge in [0, 0.05) is 20.2 Å². The average Bonchev–Trinajstić information content (AvgIpc) is 2.54. The van der Waals surface area contributed by atoms with Crippen molar-refractivity contribution in [1.82, 2.24) is 5.32 Å². The van der Waals surface area contributed by atoms with Gasteiger partial charge in [0.2, 0.25) is 0 Å². The number of para-hydroxylation sites is 1. The zero-order valence-electron chi connectivity index (χ0n) is 13.3. The molecule has 118 valence electrons. The molecule has 1 saturated carbocycles. The summed E-state index contributed by atoms with van der Waals surface area (Å²) < 4.78 is 11.0. The van der Waals surface area contributed by atoms with Crippen molar-refractivity contribution in [3.8, 4) is 5.75 Å². The maximum atomic E-state index is 5.91. The highest BCUT2D eigenvalue weighted by Gasteiger charge is 2.31. The van der Waals surface area contributed by atoms with Gasteiger partial charge < -0.3 is 14.8 Å². The summed E-state index contributed by atoms with van der Waals surface area (Å²) in [4.78, 5) is 0. The third-order valence-electron chi connectivity index (χ3n) is 4.54. The van der Waals surface area contributed by atoms with E-state index in [0.717, 1.165) is 38.5 Å². The molecule has 1 aliphatic rings. The first kappa shape index (κ1) is 16.3. The van der Waals surface area contributed by atoms with Crippen LogP contribution in [0.4, 0.5) is 0 Å². The minimum absolute atomic E-state index is 0.417. The fourth-order valence-electron chi connectivity index (χ4n) is 3.25. The van der Waals surface area contributed by atoms with Gasteiger partial charge in [0.1, 0.15) is 5.75 Å². The minimum atomic E-state index is 0.417. The van der Waals surface area contributed by atoms with Gasteiger partial charge in [0.25, 0.3) is 0 Å². The Morgan fingerprint density at radius 1 is 1.05 bits per heavy atom. The zero-order valence-corrected chi connectivity index (χ0v) is 13.3. The summed E-state index contributed by atoms with van der Waals surface area (Å²) in [5, 5.41) is 3.56. The molecule has 0 spiro atoms. The molecule has 0 bridgehead atoms. The van der Waals surface area contributed by atoms with Crippen molar-refractivity contribution >= 4 is 0 Å². The first-order valence-corrected chi connectivity index (χ1v) is 8.22. The van der Waals surface area contributed by atoms with Crippen LogP contribution in [0, 0.1) is 5.41 Å².